The van der Waals surface area contributed by atoms with E-state index in [-0.39, 0.29) is 40.4 Å². The number of cyclic esters (lactones) is 1. The van der Waals surface area contributed by atoms with E-state index in [9.17, 15) is 14.4 Å². The maximum absolute atomic E-state index is 12.3. The van der Waals surface area contributed by atoms with Crippen LogP contribution in [0.3, 0.4) is 0 Å². The van der Waals surface area contributed by atoms with Crippen LogP contribution in [0.2, 0.25) is 5.02 Å². The van der Waals surface area contributed by atoms with Crippen LogP contribution >= 0.6 is 11.6 Å². The largest absolute Gasteiger partial charge is 0.493 e. The molecule has 9 heteroatoms. The SMILES string of the molecule is CCCC(=O)Oc1c(Cl)cc(/C=C2\N=C(c3ccc(NC(C)=O)cc3)OC2=O)cc1OC. The molecule has 0 radical (unpaired) electrons. The smallest absolute Gasteiger partial charge is 0.363 e. The van der Waals surface area contributed by atoms with Gasteiger partial charge in [0.1, 0.15) is 0 Å². The second kappa shape index (κ2) is 10.1. The van der Waals surface area contributed by atoms with Crippen molar-refractivity contribution < 1.29 is 28.6 Å². The van der Waals surface area contributed by atoms with E-state index < -0.39 is 11.9 Å². The number of carbonyl (C=O) groups excluding carboxylic acids is 3. The van der Waals surface area contributed by atoms with E-state index in [4.69, 9.17) is 25.8 Å². The van der Waals surface area contributed by atoms with E-state index in [1.54, 1.807) is 30.3 Å². The Kier molecular flexibility index (Phi) is 7.27. The molecule has 1 heterocycles. The Labute approximate surface area is 189 Å². The maximum Gasteiger partial charge on any atom is 0.363 e. The summed E-state index contributed by atoms with van der Waals surface area (Å²) in [7, 11) is 1.42. The Hall–Kier alpha value is -3.65. The molecular formula is C23H21ClN2O6. The first-order chi connectivity index (χ1) is 15.3. The predicted octanol–water partition coefficient (Wildman–Crippen LogP) is 4.36. The number of nitrogens with one attached hydrogen (secondary N) is 1. The lowest BCUT2D eigenvalue weighted by Gasteiger charge is -2.11. The van der Waals surface area contributed by atoms with Gasteiger partial charge in [-0.05, 0) is 54.5 Å². The number of anilines is 1. The van der Waals surface area contributed by atoms with Crippen molar-refractivity contribution in [3.8, 4) is 11.5 Å². The summed E-state index contributed by atoms with van der Waals surface area (Å²) < 4.78 is 15.9. The second-order valence-corrected chi connectivity index (χ2v) is 7.26. The first-order valence-corrected chi connectivity index (χ1v) is 10.2. The molecule has 0 unspecified atom stereocenters. The predicted molar refractivity (Wildman–Crippen MR) is 120 cm³/mol. The van der Waals surface area contributed by atoms with Gasteiger partial charge in [-0.15, -0.1) is 0 Å². The number of halogens is 1. The number of carbonyl (C=O) groups is 3. The molecule has 0 saturated carbocycles. The zero-order chi connectivity index (χ0) is 23.3. The highest BCUT2D eigenvalue weighted by atomic mass is 35.5. The number of amides is 1. The van der Waals surface area contributed by atoms with E-state index >= 15 is 0 Å². The van der Waals surface area contributed by atoms with E-state index in [1.807, 2.05) is 6.92 Å². The molecule has 3 rings (SSSR count). The van der Waals surface area contributed by atoms with Gasteiger partial charge in [-0.25, -0.2) is 9.79 Å². The number of nitrogens with zero attached hydrogens (tertiary/aromatic N) is 1. The summed E-state index contributed by atoms with van der Waals surface area (Å²) in [6, 6.07) is 9.83. The summed E-state index contributed by atoms with van der Waals surface area (Å²) in [4.78, 5) is 39.5. The van der Waals surface area contributed by atoms with Crippen LogP contribution in [0.25, 0.3) is 6.08 Å². The van der Waals surface area contributed by atoms with Crippen LogP contribution in [0.15, 0.2) is 47.1 Å². The van der Waals surface area contributed by atoms with Gasteiger partial charge in [0, 0.05) is 24.6 Å². The molecule has 1 N–H and O–H groups in total. The molecule has 0 atom stereocenters. The van der Waals surface area contributed by atoms with Gasteiger partial charge in [0.2, 0.25) is 11.8 Å². The van der Waals surface area contributed by atoms with Crippen LogP contribution in [0.4, 0.5) is 5.69 Å². The molecule has 0 spiro atoms. The van der Waals surface area contributed by atoms with Crippen LogP contribution in [0.1, 0.15) is 37.8 Å². The quantitative estimate of drug-likeness (QED) is 0.377. The average molecular weight is 457 g/mol. The fourth-order valence-corrected chi connectivity index (χ4v) is 3.14. The molecule has 166 valence electrons. The summed E-state index contributed by atoms with van der Waals surface area (Å²) in [6.45, 7) is 3.28. The van der Waals surface area contributed by atoms with Gasteiger partial charge in [0.15, 0.2) is 17.2 Å². The van der Waals surface area contributed by atoms with Gasteiger partial charge in [0.05, 0.1) is 12.1 Å². The van der Waals surface area contributed by atoms with Crippen LogP contribution in [0.5, 0.6) is 11.5 Å². The van der Waals surface area contributed by atoms with E-state index in [1.165, 1.54) is 26.2 Å². The highest BCUT2D eigenvalue weighted by molar-refractivity contribution is 6.32. The van der Waals surface area contributed by atoms with Crippen LogP contribution < -0.4 is 14.8 Å². The van der Waals surface area contributed by atoms with Gasteiger partial charge in [-0.3, -0.25) is 9.59 Å². The zero-order valence-corrected chi connectivity index (χ0v) is 18.5. The van der Waals surface area contributed by atoms with E-state index in [0.29, 0.717) is 23.2 Å². The minimum absolute atomic E-state index is 0.0692. The zero-order valence-electron chi connectivity index (χ0n) is 17.7. The Bertz CT molecular complexity index is 1120. The minimum atomic E-state index is -0.625. The molecule has 1 amide bonds. The van der Waals surface area contributed by atoms with Crippen molar-refractivity contribution in [2.24, 2.45) is 4.99 Å². The fourth-order valence-electron chi connectivity index (χ4n) is 2.88. The topological polar surface area (TPSA) is 103 Å². The Morgan fingerprint density at radius 2 is 1.94 bits per heavy atom. The summed E-state index contributed by atoms with van der Waals surface area (Å²) >= 11 is 6.29. The highest BCUT2D eigenvalue weighted by Gasteiger charge is 2.25. The lowest BCUT2D eigenvalue weighted by Crippen LogP contribution is -2.08. The van der Waals surface area contributed by atoms with Gasteiger partial charge < -0.3 is 19.5 Å². The summed E-state index contributed by atoms with van der Waals surface area (Å²) in [5, 5.41) is 2.82. The molecule has 2 aromatic rings. The van der Waals surface area contributed by atoms with Crippen LogP contribution in [-0.4, -0.2) is 30.9 Å². The lowest BCUT2D eigenvalue weighted by atomic mass is 10.1. The Balaban J connectivity index is 1.86. The normalized spacial score (nSPS) is 14.1. The molecule has 0 aromatic heterocycles. The first kappa shape index (κ1) is 23.0. The molecule has 0 bridgehead atoms. The monoisotopic (exact) mass is 456 g/mol. The molecule has 0 fully saturated rings. The number of benzene rings is 2. The summed E-state index contributed by atoms with van der Waals surface area (Å²) in [5.74, 6) is -0.729. The molecule has 0 aliphatic carbocycles. The number of rotatable bonds is 7. The van der Waals surface area contributed by atoms with E-state index in [0.717, 1.165) is 0 Å². The van der Waals surface area contributed by atoms with Crippen molar-refractivity contribution in [3.63, 3.8) is 0 Å². The number of ether oxygens (including phenoxy) is 3. The molecule has 0 saturated heterocycles. The first-order valence-electron chi connectivity index (χ1n) is 9.79. The van der Waals surface area contributed by atoms with Crippen LogP contribution in [-0.2, 0) is 19.1 Å². The van der Waals surface area contributed by atoms with E-state index in [2.05, 4.69) is 10.3 Å². The third-order valence-electron chi connectivity index (χ3n) is 4.30. The fraction of sp³-hybridized carbons (Fsp3) is 0.217. The Morgan fingerprint density at radius 1 is 1.22 bits per heavy atom. The van der Waals surface area contributed by atoms with Crippen molar-refractivity contribution in [1.29, 1.82) is 0 Å². The summed E-state index contributed by atoms with van der Waals surface area (Å²) in [5.41, 5.74) is 1.77. The number of methoxy groups -OCH3 is 1. The number of esters is 2. The molecule has 1 aliphatic heterocycles. The molecule has 32 heavy (non-hydrogen) atoms. The van der Waals surface area contributed by atoms with Gasteiger partial charge in [-0.2, -0.15) is 0 Å². The molecule has 8 nitrogen and oxygen atoms in total. The number of hydrogen-bond donors (Lipinski definition) is 1. The molecule has 2 aromatic carbocycles. The van der Waals surface area contributed by atoms with Crippen molar-refractivity contribution >= 4 is 47.1 Å². The number of hydrogen-bond acceptors (Lipinski definition) is 7. The van der Waals surface area contributed by atoms with Crippen molar-refractivity contribution in [2.75, 3.05) is 12.4 Å². The second-order valence-electron chi connectivity index (χ2n) is 6.85. The van der Waals surface area contributed by atoms with Crippen molar-refractivity contribution in [3.05, 3.63) is 58.2 Å². The third kappa shape index (κ3) is 5.53. The van der Waals surface area contributed by atoms with Crippen LogP contribution in [0, 0.1) is 0 Å². The van der Waals surface area contributed by atoms with Crippen molar-refractivity contribution in [1.82, 2.24) is 0 Å². The standard InChI is InChI=1S/C23H21ClN2O6/c1-4-5-20(28)31-21-17(24)10-14(12-19(21)30-3)11-18-23(29)32-22(26-18)15-6-8-16(9-7-15)25-13(2)27/h6-12H,4-5H2,1-3H3,(H,25,27)/b18-11-. The van der Waals surface area contributed by atoms with Gasteiger partial charge >= 0.3 is 11.9 Å². The maximum atomic E-state index is 12.3. The highest BCUT2D eigenvalue weighted by Crippen LogP contribution is 2.37. The molecule has 1 aliphatic rings. The van der Waals surface area contributed by atoms with Gasteiger partial charge in [-0.1, -0.05) is 18.5 Å². The van der Waals surface area contributed by atoms with Crippen molar-refractivity contribution in [2.45, 2.75) is 26.7 Å². The Morgan fingerprint density at radius 3 is 2.56 bits per heavy atom. The minimum Gasteiger partial charge on any atom is -0.493 e. The third-order valence-corrected chi connectivity index (χ3v) is 4.58. The molecular weight excluding hydrogens is 436 g/mol. The lowest BCUT2D eigenvalue weighted by molar-refractivity contribution is -0.134. The number of aliphatic imine (C=N–C) groups is 1. The average Bonchev–Trinajstić information content (AvgIpc) is 3.10. The van der Waals surface area contributed by atoms with Gasteiger partial charge in [0.25, 0.3) is 0 Å². The summed E-state index contributed by atoms with van der Waals surface area (Å²) in [6.07, 6.45) is 2.38.